The molecule has 2 amide bonds. The Balaban J connectivity index is 2.02. The second-order valence-electron chi connectivity index (χ2n) is 8.11. The molecule has 1 atom stereocenters. The lowest BCUT2D eigenvalue weighted by Crippen LogP contribution is -2.50. The molecule has 0 aliphatic rings. The van der Waals surface area contributed by atoms with Crippen molar-refractivity contribution in [2.24, 2.45) is 0 Å². The van der Waals surface area contributed by atoms with Gasteiger partial charge in [0.1, 0.15) is 12.6 Å². The van der Waals surface area contributed by atoms with Gasteiger partial charge in [-0.25, -0.2) is 8.42 Å². The molecule has 7 nitrogen and oxygen atoms in total. The predicted molar refractivity (Wildman–Crippen MR) is 140 cm³/mol. The molecule has 0 unspecified atom stereocenters. The van der Waals surface area contributed by atoms with Crippen molar-refractivity contribution in [3.8, 4) is 0 Å². The van der Waals surface area contributed by atoms with E-state index in [2.05, 4.69) is 21.2 Å². The molecule has 184 valence electrons. The van der Waals surface area contributed by atoms with Gasteiger partial charge < -0.3 is 10.2 Å². The number of carbonyl (C=O) groups is 2. The number of rotatable bonds is 9. The molecule has 0 fully saturated rings. The molecule has 0 aromatic heterocycles. The molecule has 0 spiro atoms. The van der Waals surface area contributed by atoms with Gasteiger partial charge in [-0.15, -0.1) is 0 Å². The van der Waals surface area contributed by atoms with Gasteiger partial charge in [0.25, 0.3) is 10.0 Å². The number of halogens is 1. The summed E-state index contributed by atoms with van der Waals surface area (Å²) in [5, 5.41) is 2.57. The summed E-state index contributed by atoms with van der Waals surface area (Å²) in [5.41, 5.74) is 2.03. The first-order valence-electron chi connectivity index (χ1n) is 11.0. The molecule has 0 bridgehead atoms. The van der Waals surface area contributed by atoms with Crippen molar-refractivity contribution in [2.75, 3.05) is 17.9 Å². The van der Waals surface area contributed by atoms with Crippen molar-refractivity contribution < 1.29 is 18.0 Å². The highest BCUT2D eigenvalue weighted by atomic mass is 79.9. The molecule has 3 aromatic rings. The largest absolute Gasteiger partial charge is 0.357 e. The van der Waals surface area contributed by atoms with Gasteiger partial charge in [-0.2, -0.15) is 0 Å². The van der Waals surface area contributed by atoms with Crippen LogP contribution >= 0.6 is 15.9 Å². The Morgan fingerprint density at radius 3 is 2.29 bits per heavy atom. The van der Waals surface area contributed by atoms with Crippen LogP contribution in [0.1, 0.15) is 18.1 Å². The summed E-state index contributed by atoms with van der Waals surface area (Å²) < 4.78 is 29.2. The Kier molecular flexibility index (Phi) is 8.69. The van der Waals surface area contributed by atoms with Crippen LogP contribution in [-0.4, -0.2) is 44.8 Å². The van der Waals surface area contributed by atoms with Gasteiger partial charge in [-0.3, -0.25) is 13.9 Å². The lowest BCUT2D eigenvalue weighted by atomic mass is 10.1. The topological polar surface area (TPSA) is 86.8 Å². The van der Waals surface area contributed by atoms with Crippen molar-refractivity contribution in [1.82, 2.24) is 10.2 Å². The van der Waals surface area contributed by atoms with Gasteiger partial charge in [0.2, 0.25) is 11.8 Å². The Labute approximate surface area is 214 Å². The van der Waals surface area contributed by atoms with Crippen molar-refractivity contribution in [2.45, 2.75) is 31.3 Å². The minimum atomic E-state index is -4.05. The lowest BCUT2D eigenvalue weighted by molar-refractivity contribution is -0.139. The minimum Gasteiger partial charge on any atom is -0.357 e. The van der Waals surface area contributed by atoms with Crippen LogP contribution in [-0.2, 0) is 26.2 Å². The number of sulfonamides is 1. The second-order valence-corrected chi connectivity index (χ2v) is 10.9. The van der Waals surface area contributed by atoms with Gasteiger partial charge in [0, 0.05) is 18.1 Å². The molecule has 0 aliphatic heterocycles. The number of hydrogen-bond acceptors (Lipinski definition) is 4. The average molecular weight is 558 g/mol. The number of carbonyl (C=O) groups excluding carboxylic acids is 2. The molecule has 3 aromatic carbocycles. The second kappa shape index (κ2) is 11.5. The zero-order valence-electron chi connectivity index (χ0n) is 19.8. The summed E-state index contributed by atoms with van der Waals surface area (Å²) in [6, 6.07) is 21.6. The third-order valence-corrected chi connectivity index (χ3v) is 7.84. The minimum absolute atomic E-state index is 0.0761. The number of aryl methyl sites for hydroxylation is 1. The number of nitrogens with one attached hydrogen (secondary N) is 1. The highest BCUT2D eigenvalue weighted by Crippen LogP contribution is 2.25. The van der Waals surface area contributed by atoms with E-state index in [9.17, 15) is 18.0 Å². The maximum atomic E-state index is 13.7. The zero-order valence-corrected chi connectivity index (χ0v) is 22.2. The molecular weight excluding hydrogens is 530 g/mol. The highest BCUT2D eigenvalue weighted by Gasteiger charge is 2.32. The zero-order chi connectivity index (χ0) is 25.6. The van der Waals surface area contributed by atoms with E-state index in [1.54, 1.807) is 43.3 Å². The van der Waals surface area contributed by atoms with Gasteiger partial charge in [0.15, 0.2) is 0 Å². The van der Waals surface area contributed by atoms with Gasteiger partial charge in [-0.05, 0) is 61.4 Å². The van der Waals surface area contributed by atoms with Crippen LogP contribution < -0.4 is 9.62 Å². The Hall–Kier alpha value is -3.17. The van der Waals surface area contributed by atoms with Crippen LogP contribution in [0.2, 0.25) is 0 Å². The Bertz CT molecular complexity index is 1300. The number of hydrogen-bond donors (Lipinski definition) is 1. The van der Waals surface area contributed by atoms with E-state index in [-0.39, 0.29) is 17.3 Å². The molecule has 0 saturated heterocycles. The van der Waals surface area contributed by atoms with Crippen LogP contribution in [0.3, 0.4) is 0 Å². The number of anilines is 1. The van der Waals surface area contributed by atoms with E-state index in [0.29, 0.717) is 5.69 Å². The first-order chi connectivity index (χ1) is 16.6. The summed E-state index contributed by atoms with van der Waals surface area (Å²) in [5.74, 6) is -0.844. The molecular formula is C26H28BrN3O4S. The normalized spacial score (nSPS) is 12.0. The van der Waals surface area contributed by atoms with Crippen molar-refractivity contribution >= 4 is 43.5 Å². The predicted octanol–water partition coefficient (Wildman–Crippen LogP) is 4.12. The maximum absolute atomic E-state index is 13.7. The fourth-order valence-electron chi connectivity index (χ4n) is 3.66. The summed E-state index contributed by atoms with van der Waals surface area (Å²) >= 11 is 3.43. The van der Waals surface area contributed by atoms with Crippen LogP contribution in [0.4, 0.5) is 5.69 Å². The third kappa shape index (κ3) is 6.49. The van der Waals surface area contributed by atoms with E-state index >= 15 is 0 Å². The Morgan fingerprint density at radius 1 is 0.971 bits per heavy atom. The Morgan fingerprint density at radius 2 is 1.66 bits per heavy atom. The van der Waals surface area contributed by atoms with E-state index in [4.69, 9.17) is 0 Å². The molecule has 0 heterocycles. The number of amides is 2. The number of benzene rings is 3. The number of nitrogens with zero attached hydrogens (tertiary/aromatic N) is 2. The summed E-state index contributed by atoms with van der Waals surface area (Å²) in [7, 11) is -2.55. The smallest absolute Gasteiger partial charge is 0.264 e. The van der Waals surface area contributed by atoms with E-state index in [0.717, 1.165) is 19.9 Å². The average Bonchev–Trinajstić information content (AvgIpc) is 2.85. The van der Waals surface area contributed by atoms with Gasteiger partial charge >= 0.3 is 0 Å². The highest BCUT2D eigenvalue weighted by molar-refractivity contribution is 9.10. The first-order valence-corrected chi connectivity index (χ1v) is 13.3. The van der Waals surface area contributed by atoms with Crippen LogP contribution in [0, 0.1) is 6.92 Å². The fraction of sp³-hybridized carbons (Fsp3) is 0.231. The van der Waals surface area contributed by atoms with E-state index in [1.165, 1.54) is 24.1 Å². The van der Waals surface area contributed by atoms with Crippen molar-refractivity contribution in [3.63, 3.8) is 0 Å². The van der Waals surface area contributed by atoms with Crippen LogP contribution in [0.25, 0.3) is 0 Å². The SMILES string of the molecule is CNC(=O)[C@@H](C)N(Cc1cccc(Br)c1)C(=O)CN(c1cccc(C)c1)S(=O)(=O)c1ccccc1. The molecule has 9 heteroatoms. The molecule has 35 heavy (non-hydrogen) atoms. The fourth-order valence-corrected chi connectivity index (χ4v) is 5.53. The van der Waals surface area contributed by atoms with Crippen molar-refractivity contribution in [3.05, 3.63) is 94.5 Å². The summed E-state index contributed by atoms with van der Waals surface area (Å²) in [6.45, 7) is 3.15. The van der Waals surface area contributed by atoms with E-state index in [1.807, 2.05) is 37.3 Å². The third-order valence-electron chi connectivity index (χ3n) is 5.56. The first kappa shape index (κ1) is 26.4. The van der Waals surface area contributed by atoms with Gasteiger partial charge in [0.05, 0.1) is 10.6 Å². The standard InChI is InChI=1S/C26H28BrN3O4S/c1-19-9-7-12-23(15-19)30(35(33,34)24-13-5-4-6-14-24)18-25(31)29(20(2)26(32)28-3)17-21-10-8-11-22(27)16-21/h4-16,20H,17-18H2,1-3H3,(H,28,32)/t20-/m1/s1. The quantitative estimate of drug-likeness (QED) is 0.428. The molecule has 0 aliphatic carbocycles. The molecule has 0 saturated carbocycles. The summed E-state index contributed by atoms with van der Waals surface area (Å²) in [6.07, 6.45) is 0. The lowest BCUT2D eigenvalue weighted by Gasteiger charge is -2.32. The van der Waals surface area contributed by atoms with Crippen LogP contribution in [0.15, 0.2) is 88.2 Å². The molecule has 0 radical (unpaired) electrons. The van der Waals surface area contributed by atoms with Crippen LogP contribution in [0.5, 0.6) is 0 Å². The molecule has 1 N–H and O–H groups in total. The van der Waals surface area contributed by atoms with Crippen molar-refractivity contribution in [1.29, 1.82) is 0 Å². The monoisotopic (exact) mass is 557 g/mol. The molecule has 3 rings (SSSR count). The van der Waals surface area contributed by atoms with E-state index < -0.39 is 28.5 Å². The number of likely N-dealkylation sites (N-methyl/N-ethyl adjacent to an activating group) is 1. The summed E-state index contributed by atoms with van der Waals surface area (Å²) in [4.78, 5) is 27.6. The van der Waals surface area contributed by atoms with Gasteiger partial charge in [-0.1, -0.05) is 58.4 Å². The maximum Gasteiger partial charge on any atom is 0.264 e.